The lowest BCUT2D eigenvalue weighted by molar-refractivity contribution is 0.164. The van der Waals surface area contributed by atoms with Gasteiger partial charge in [-0.3, -0.25) is 16.0 Å². The van der Waals surface area contributed by atoms with Crippen LogP contribution in [0.1, 0.15) is 48.5 Å². The highest BCUT2D eigenvalue weighted by Gasteiger charge is 2.32. The molecule has 9 N–H and O–H groups in total. The van der Waals surface area contributed by atoms with Crippen LogP contribution in [0.25, 0.3) is 0 Å². The smallest absolute Gasteiger partial charge is 0.0519 e. The molecule has 0 aliphatic heterocycles. The van der Waals surface area contributed by atoms with Gasteiger partial charge < -0.3 is 17.2 Å². The third-order valence-corrected chi connectivity index (χ3v) is 4.13. The molecule has 0 aliphatic rings. The average molecular weight is 303 g/mol. The number of nitrogens with two attached hydrogens (primary N) is 3. The molecule has 0 aliphatic carbocycles. The van der Waals surface area contributed by atoms with Crippen LogP contribution in [-0.4, -0.2) is 36.6 Å². The van der Waals surface area contributed by atoms with Crippen molar-refractivity contribution in [1.29, 1.82) is 0 Å². The van der Waals surface area contributed by atoms with Gasteiger partial charge in [0.25, 0.3) is 0 Å². The molecule has 0 rings (SSSR count). The maximum atomic E-state index is 5.90. The van der Waals surface area contributed by atoms with E-state index in [4.69, 9.17) is 17.2 Å². The second-order valence-corrected chi connectivity index (χ2v) is 6.67. The molecule has 0 fully saturated rings. The Balaban J connectivity index is 5.00. The van der Waals surface area contributed by atoms with E-state index < -0.39 is 0 Å². The summed E-state index contributed by atoms with van der Waals surface area (Å²) in [4.78, 5) is 0. The molecule has 0 amide bonds. The Morgan fingerprint density at radius 3 is 1.10 bits per heavy atom. The molecule has 0 radical (unpaired) electrons. The molecule has 0 saturated heterocycles. The Morgan fingerprint density at radius 1 is 0.524 bits per heavy atom. The summed E-state index contributed by atoms with van der Waals surface area (Å²) in [5.41, 5.74) is 17.7. The van der Waals surface area contributed by atoms with Crippen LogP contribution in [0.15, 0.2) is 0 Å². The monoisotopic (exact) mass is 302 g/mol. The minimum Gasteiger partial charge on any atom is -0.316 e. The Bertz CT molecular complexity index is 253. The molecule has 128 valence electrons. The quantitative estimate of drug-likeness (QED) is 0.319. The molecule has 7 unspecified atom stereocenters. The molecule has 6 nitrogen and oxygen atoms in total. The van der Waals surface area contributed by atoms with Crippen LogP contribution >= 0.6 is 0 Å². The fourth-order valence-corrected chi connectivity index (χ4v) is 3.30. The first-order valence-electron chi connectivity index (χ1n) is 8.11. The average Bonchev–Trinajstić information content (AvgIpc) is 2.25. The molecule has 0 saturated carbocycles. The second kappa shape index (κ2) is 9.71. The molecular weight excluding hydrogens is 264 g/mol. The molecule has 0 heterocycles. The maximum absolute atomic E-state index is 5.90. The van der Waals surface area contributed by atoms with E-state index in [1.807, 2.05) is 20.8 Å². The molecule has 0 aromatic rings. The van der Waals surface area contributed by atoms with Crippen LogP contribution in [0.3, 0.4) is 0 Å². The van der Waals surface area contributed by atoms with Crippen molar-refractivity contribution in [2.45, 2.75) is 85.1 Å². The van der Waals surface area contributed by atoms with Gasteiger partial charge >= 0.3 is 0 Å². The molecule has 6 heteroatoms. The summed E-state index contributed by atoms with van der Waals surface area (Å²) < 4.78 is 0. The standard InChI is InChI=1S/C15H38N6/c1-8(9(2)19-12(5)16)15(10(3)20-13(6)17)11(4)21-14(7)18/h8-15,19-21H,16-18H2,1-7H3. The van der Waals surface area contributed by atoms with E-state index in [-0.39, 0.29) is 30.6 Å². The summed E-state index contributed by atoms with van der Waals surface area (Å²) in [7, 11) is 0. The van der Waals surface area contributed by atoms with Crippen molar-refractivity contribution in [2.75, 3.05) is 0 Å². The molecule has 0 aromatic heterocycles. The zero-order chi connectivity index (χ0) is 16.7. The van der Waals surface area contributed by atoms with Gasteiger partial charge in [0.15, 0.2) is 0 Å². The first-order chi connectivity index (χ1) is 9.56. The van der Waals surface area contributed by atoms with Crippen molar-refractivity contribution in [2.24, 2.45) is 29.0 Å². The molecule has 0 aromatic carbocycles. The van der Waals surface area contributed by atoms with E-state index in [1.54, 1.807) is 0 Å². The van der Waals surface area contributed by atoms with E-state index in [0.717, 1.165) is 0 Å². The van der Waals surface area contributed by atoms with E-state index in [9.17, 15) is 0 Å². The lowest BCUT2D eigenvalue weighted by Crippen LogP contribution is -2.57. The van der Waals surface area contributed by atoms with Gasteiger partial charge in [0, 0.05) is 18.1 Å². The van der Waals surface area contributed by atoms with Crippen molar-refractivity contribution in [3.8, 4) is 0 Å². The van der Waals surface area contributed by atoms with E-state index in [2.05, 4.69) is 43.6 Å². The molecule has 0 bridgehead atoms. The SMILES string of the molecule is CC(N)NC(C)C(C)C(C(C)NC(C)N)C(C)NC(C)N. The van der Waals surface area contributed by atoms with Gasteiger partial charge in [0.1, 0.15) is 0 Å². The minimum atomic E-state index is -0.0334. The second-order valence-electron chi connectivity index (χ2n) is 6.67. The third kappa shape index (κ3) is 8.09. The Labute approximate surface area is 131 Å². The van der Waals surface area contributed by atoms with Gasteiger partial charge in [-0.25, -0.2) is 0 Å². The number of hydrogen-bond donors (Lipinski definition) is 6. The van der Waals surface area contributed by atoms with Crippen LogP contribution in [0.4, 0.5) is 0 Å². The number of hydrogen-bond acceptors (Lipinski definition) is 6. The first kappa shape index (κ1) is 20.8. The van der Waals surface area contributed by atoms with Gasteiger partial charge in [-0.05, 0) is 53.4 Å². The summed E-state index contributed by atoms with van der Waals surface area (Å²) in [6, 6.07) is 0.863. The first-order valence-corrected chi connectivity index (χ1v) is 8.11. The Hall–Kier alpha value is -0.240. The van der Waals surface area contributed by atoms with Gasteiger partial charge in [0.2, 0.25) is 0 Å². The topological polar surface area (TPSA) is 114 Å². The fourth-order valence-electron chi connectivity index (χ4n) is 3.30. The zero-order valence-electron chi connectivity index (χ0n) is 14.9. The van der Waals surface area contributed by atoms with Gasteiger partial charge in [-0.2, -0.15) is 0 Å². The zero-order valence-corrected chi connectivity index (χ0v) is 14.9. The van der Waals surface area contributed by atoms with Gasteiger partial charge in [-0.1, -0.05) is 6.92 Å². The highest BCUT2D eigenvalue weighted by atomic mass is 15.1. The van der Waals surface area contributed by atoms with Crippen LogP contribution in [0.5, 0.6) is 0 Å². The molecule has 0 spiro atoms. The molecular formula is C15H38N6. The third-order valence-electron chi connectivity index (χ3n) is 4.13. The van der Waals surface area contributed by atoms with E-state index in [0.29, 0.717) is 17.9 Å². The lowest BCUT2D eigenvalue weighted by Gasteiger charge is -2.40. The lowest BCUT2D eigenvalue weighted by atomic mass is 9.78. The Kier molecular flexibility index (Phi) is 9.60. The normalized spacial score (nSPS) is 23.7. The van der Waals surface area contributed by atoms with Crippen LogP contribution in [-0.2, 0) is 0 Å². The maximum Gasteiger partial charge on any atom is 0.0519 e. The van der Waals surface area contributed by atoms with Gasteiger partial charge in [0.05, 0.1) is 18.5 Å². The summed E-state index contributed by atoms with van der Waals surface area (Å²) >= 11 is 0. The van der Waals surface area contributed by atoms with Crippen molar-refractivity contribution in [1.82, 2.24) is 16.0 Å². The van der Waals surface area contributed by atoms with Crippen LogP contribution in [0, 0.1) is 11.8 Å². The van der Waals surface area contributed by atoms with Crippen molar-refractivity contribution < 1.29 is 0 Å². The Morgan fingerprint density at radius 2 is 0.810 bits per heavy atom. The number of rotatable bonds is 10. The van der Waals surface area contributed by atoms with Crippen molar-refractivity contribution in [3.63, 3.8) is 0 Å². The predicted octanol–water partition coefficient (Wildman–Crippen LogP) is 0.0871. The van der Waals surface area contributed by atoms with E-state index >= 15 is 0 Å². The fraction of sp³-hybridized carbons (Fsp3) is 1.00. The van der Waals surface area contributed by atoms with Crippen molar-refractivity contribution in [3.05, 3.63) is 0 Å². The minimum absolute atomic E-state index is 0.0171. The summed E-state index contributed by atoms with van der Waals surface area (Å²) in [6.45, 7) is 14.7. The number of nitrogens with one attached hydrogen (secondary N) is 3. The predicted molar refractivity (Wildman–Crippen MR) is 91.4 cm³/mol. The summed E-state index contributed by atoms with van der Waals surface area (Å²) in [5.74, 6) is 0.793. The highest BCUT2D eigenvalue weighted by Crippen LogP contribution is 2.24. The summed E-state index contributed by atoms with van der Waals surface area (Å²) in [5, 5.41) is 10.2. The molecule has 21 heavy (non-hydrogen) atoms. The highest BCUT2D eigenvalue weighted by molar-refractivity contribution is 4.90. The van der Waals surface area contributed by atoms with Gasteiger partial charge in [-0.15, -0.1) is 0 Å². The largest absolute Gasteiger partial charge is 0.316 e. The summed E-state index contributed by atoms with van der Waals surface area (Å²) in [6.07, 6.45) is -0.0840. The molecule has 7 atom stereocenters. The van der Waals surface area contributed by atoms with Crippen molar-refractivity contribution >= 4 is 0 Å². The van der Waals surface area contributed by atoms with Crippen LogP contribution < -0.4 is 33.2 Å². The van der Waals surface area contributed by atoms with E-state index in [1.165, 1.54) is 0 Å². The van der Waals surface area contributed by atoms with Crippen LogP contribution in [0.2, 0.25) is 0 Å².